The number of rotatable bonds is 5. The Morgan fingerprint density at radius 2 is 1.74 bits per heavy atom. The van der Waals surface area contributed by atoms with Gasteiger partial charge in [-0.05, 0) is 79.3 Å². The minimum absolute atomic E-state index is 0.00208. The SMILES string of the molecule is C=C[C@H]1CN2CC[C@H]1CC2[C@H](NC(=S)Nc1cc(C(F)(F)F)cc(C(F)(F)F)c1)c1ccnc2ccccc12. The third-order valence-electron chi connectivity index (χ3n) is 7.69. The molecule has 5 atom stereocenters. The van der Waals surface area contributed by atoms with Gasteiger partial charge in [-0.25, -0.2) is 0 Å². The summed E-state index contributed by atoms with van der Waals surface area (Å²) in [6.45, 7) is 5.68. The first-order valence-corrected chi connectivity index (χ1v) is 12.9. The quantitative estimate of drug-likeness (QED) is 0.195. The molecule has 3 aromatic rings. The Morgan fingerprint density at radius 1 is 1.05 bits per heavy atom. The van der Waals surface area contributed by atoms with Gasteiger partial charge in [-0.15, -0.1) is 6.58 Å². The van der Waals surface area contributed by atoms with Crippen LogP contribution < -0.4 is 10.6 Å². The van der Waals surface area contributed by atoms with Crippen LogP contribution in [-0.2, 0) is 12.4 Å². The highest BCUT2D eigenvalue weighted by molar-refractivity contribution is 7.80. The molecule has 3 aliphatic heterocycles. The predicted octanol–water partition coefficient (Wildman–Crippen LogP) is 7.20. The molecule has 3 fully saturated rings. The van der Waals surface area contributed by atoms with E-state index in [1.165, 1.54) is 0 Å². The van der Waals surface area contributed by atoms with Crippen molar-refractivity contribution >= 4 is 33.9 Å². The Kier molecular flexibility index (Phi) is 7.32. The van der Waals surface area contributed by atoms with Crippen LogP contribution >= 0.6 is 12.2 Å². The second-order valence-corrected chi connectivity index (χ2v) is 10.4. The fourth-order valence-corrected chi connectivity index (χ4v) is 6.07. The number of benzene rings is 2. The average Bonchev–Trinajstić information content (AvgIpc) is 2.90. The molecule has 206 valence electrons. The van der Waals surface area contributed by atoms with Crippen LogP contribution in [0.25, 0.3) is 10.9 Å². The number of anilines is 1. The molecular weight excluding hydrogens is 538 g/mol. The van der Waals surface area contributed by atoms with Crippen molar-refractivity contribution in [2.45, 2.75) is 37.3 Å². The highest BCUT2D eigenvalue weighted by atomic mass is 32.1. The lowest BCUT2D eigenvalue weighted by atomic mass is 9.73. The number of piperidine rings is 3. The molecule has 2 N–H and O–H groups in total. The maximum absolute atomic E-state index is 13.4. The summed E-state index contributed by atoms with van der Waals surface area (Å²) in [5, 5.41) is 6.65. The number of pyridine rings is 1. The number of fused-ring (bicyclic) bond motifs is 4. The number of aromatic nitrogens is 1. The van der Waals surface area contributed by atoms with E-state index in [1.54, 1.807) is 6.20 Å². The fraction of sp³-hybridized carbons (Fsp3) is 0.357. The molecule has 0 radical (unpaired) electrons. The first-order chi connectivity index (χ1) is 18.4. The molecule has 2 aromatic carbocycles. The molecule has 4 heterocycles. The summed E-state index contributed by atoms with van der Waals surface area (Å²) in [7, 11) is 0. The lowest BCUT2D eigenvalue weighted by molar-refractivity contribution is -0.143. The normalized spacial score (nSPS) is 23.8. The molecule has 1 aromatic heterocycles. The Morgan fingerprint density at radius 3 is 2.36 bits per heavy atom. The molecule has 0 saturated carbocycles. The summed E-state index contributed by atoms with van der Waals surface area (Å²) in [6.07, 6.45) is -4.37. The smallest absolute Gasteiger partial charge is 0.354 e. The molecule has 4 nitrogen and oxygen atoms in total. The number of alkyl halides is 6. The Bertz CT molecular complexity index is 1350. The monoisotopic (exact) mass is 564 g/mol. The Labute approximate surface area is 227 Å². The van der Waals surface area contributed by atoms with Gasteiger partial charge in [-0.2, -0.15) is 26.3 Å². The van der Waals surface area contributed by atoms with Gasteiger partial charge in [0.15, 0.2) is 5.11 Å². The first-order valence-electron chi connectivity index (χ1n) is 12.5. The lowest BCUT2D eigenvalue weighted by Crippen LogP contribution is -2.57. The highest BCUT2D eigenvalue weighted by Crippen LogP contribution is 2.42. The van der Waals surface area contributed by atoms with Crippen molar-refractivity contribution in [3.05, 3.63) is 84.1 Å². The largest absolute Gasteiger partial charge is 0.416 e. The average molecular weight is 565 g/mol. The second kappa shape index (κ2) is 10.4. The van der Waals surface area contributed by atoms with E-state index in [0.717, 1.165) is 42.4 Å². The maximum atomic E-state index is 13.4. The topological polar surface area (TPSA) is 40.2 Å². The molecule has 0 spiro atoms. The first kappa shape index (κ1) is 27.4. The van der Waals surface area contributed by atoms with Gasteiger partial charge in [0, 0.05) is 29.9 Å². The van der Waals surface area contributed by atoms with Crippen LogP contribution in [0.2, 0.25) is 0 Å². The van der Waals surface area contributed by atoms with Crippen molar-refractivity contribution in [1.29, 1.82) is 0 Å². The number of nitrogens with one attached hydrogen (secondary N) is 2. The number of hydrogen-bond donors (Lipinski definition) is 2. The number of halogens is 6. The van der Waals surface area contributed by atoms with Crippen LogP contribution in [-0.4, -0.2) is 34.1 Å². The van der Waals surface area contributed by atoms with Crippen LogP contribution in [0.5, 0.6) is 0 Å². The summed E-state index contributed by atoms with van der Waals surface area (Å²) < 4.78 is 80.3. The minimum atomic E-state index is -4.96. The Balaban J connectivity index is 1.48. The molecule has 3 aliphatic rings. The van der Waals surface area contributed by atoms with Crippen LogP contribution in [0.4, 0.5) is 32.0 Å². The van der Waals surface area contributed by atoms with Crippen LogP contribution in [0.3, 0.4) is 0 Å². The highest BCUT2D eigenvalue weighted by Gasteiger charge is 2.43. The van der Waals surface area contributed by atoms with Crippen LogP contribution in [0, 0.1) is 11.8 Å². The molecule has 39 heavy (non-hydrogen) atoms. The van der Waals surface area contributed by atoms with Gasteiger partial charge in [0.1, 0.15) is 0 Å². The van der Waals surface area contributed by atoms with Gasteiger partial charge in [0.25, 0.3) is 0 Å². The number of para-hydroxylation sites is 1. The summed E-state index contributed by atoms with van der Waals surface area (Å²) in [6, 6.07) is 10.4. The molecule has 3 saturated heterocycles. The molecular formula is C28H26F6N4S. The van der Waals surface area contributed by atoms with Crippen molar-refractivity contribution in [3.8, 4) is 0 Å². The van der Waals surface area contributed by atoms with E-state index < -0.39 is 29.2 Å². The third-order valence-corrected chi connectivity index (χ3v) is 7.91. The van der Waals surface area contributed by atoms with Crippen molar-refractivity contribution in [3.63, 3.8) is 0 Å². The van der Waals surface area contributed by atoms with Gasteiger partial charge >= 0.3 is 12.4 Å². The molecule has 2 bridgehead atoms. The van der Waals surface area contributed by atoms with Crippen molar-refractivity contribution in [2.24, 2.45) is 11.8 Å². The lowest BCUT2D eigenvalue weighted by Gasteiger charge is -2.52. The van der Waals surface area contributed by atoms with Gasteiger partial charge in [0.05, 0.1) is 22.7 Å². The number of thiocarbonyl (C=S) groups is 1. The zero-order chi connectivity index (χ0) is 27.9. The third kappa shape index (κ3) is 5.74. The van der Waals surface area contributed by atoms with E-state index in [9.17, 15) is 26.3 Å². The zero-order valence-corrected chi connectivity index (χ0v) is 21.5. The van der Waals surface area contributed by atoms with E-state index in [4.69, 9.17) is 12.2 Å². The number of hydrogen-bond acceptors (Lipinski definition) is 3. The summed E-state index contributed by atoms with van der Waals surface area (Å²) in [4.78, 5) is 6.79. The molecule has 0 aliphatic carbocycles. The minimum Gasteiger partial charge on any atom is -0.354 e. The standard InChI is InChI=1S/C28H26F6N4S/c1-2-16-15-38-10-8-17(16)11-24(38)25(22-7-9-35-23-6-4-3-5-21(22)23)37-26(39)36-20-13-18(27(29,30)31)12-19(14-20)28(32,33)34/h2-7,9,12-14,16-17,24-25H,1,8,10-11,15H2,(H2,36,37,39)/t16-,17-,24?,25+/m0/s1. The van der Waals surface area contributed by atoms with Gasteiger partial charge in [0.2, 0.25) is 0 Å². The van der Waals surface area contributed by atoms with Crippen molar-refractivity contribution in [2.75, 3.05) is 18.4 Å². The van der Waals surface area contributed by atoms with Gasteiger partial charge in [-0.3, -0.25) is 9.88 Å². The zero-order valence-electron chi connectivity index (χ0n) is 20.7. The molecule has 6 rings (SSSR count). The second-order valence-electron chi connectivity index (χ2n) is 10.0. The van der Waals surface area contributed by atoms with E-state index in [0.29, 0.717) is 24.0 Å². The molecule has 0 amide bonds. The maximum Gasteiger partial charge on any atom is 0.416 e. The van der Waals surface area contributed by atoms with E-state index >= 15 is 0 Å². The van der Waals surface area contributed by atoms with E-state index in [2.05, 4.69) is 27.1 Å². The fourth-order valence-electron chi connectivity index (χ4n) is 5.83. The molecule has 2 unspecified atom stereocenters. The van der Waals surface area contributed by atoms with Crippen LogP contribution in [0.15, 0.2) is 67.4 Å². The van der Waals surface area contributed by atoms with Gasteiger partial charge < -0.3 is 10.6 Å². The van der Waals surface area contributed by atoms with E-state index in [1.807, 2.05) is 36.4 Å². The van der Waals surface area contributed by atoms with Crippen LogP contribution in [0.1, 0.15) is 35.6 Å². The van der Waals surface area contributed by atoms with Gasteiger partial charge in [-0.1, -0.05) is 24.3 Å². The molecule has 11 heteroatoms. The summed E-state index contributed by atoms with van der Waals surface area (Å²) >= 11 is 5.47. The summed E-state index contributed by atoms with van der Waals surface area (Å²) in [5.74, 6) is 0.787. The van der Waals surface area contributed by atoms with Crippen molar-refractivity contribution in [1.82, 2.24) is 15.2 Å². The Hall–Kier alpha value is -3.18. The van der Waals surface area contributed by atoms with Crippen molar-refractivity contribution < 1.29 is 26.3 Å². The van der Waals surface area contributed by atoms with E-state index in [-0.39, 0.29) is 23.3 Å². The predicted molar refractivity (Wildman–Crippen MR) is 142 cm³/mol. The summed E-state index contributed by atoms with van der Waals surface area (Å²) in [5.41, 5.74) is -1.55. The number of nitrogens with zero attached hydrogens (tertiary/aromatic N) is 2.